The van der Waals surface area contributed by atoms with Gasteiger partial charge in [0, 0.05) is 31.0 Å². The molecule has 5 heterocycles. The fourth-order valence-electron chi connectivity index (χ4n) is 4.00. The van der Waals surface area contributed by atoms with Gasteiger partial charge in [-0.05, 0) is 52.3 Å². The van der Waals surface area contributed by atoms with Crippen LogP contribution in [0.2, 0.25) is 0 Å². The van der Waals surface area contributed by atoms with Gasteiger partial charge in [0.15, 0.2) is 17.1 Å². The highest BCUT2D eigenvalue weighted by atomic mass is 19.1. The molecule has 0 saturated carbocycles. The topological polar surface area (TPSA) is 106 Å². The number of aryl methyl sites for hydroxylation is 2. The number of ether oxygens (including phenoxy) is 1. The number of carbonyl (C=O) groups is 2. The molecule has 1 aliphatic heterocycles. The Morgan fingerprint density at radius 3 is 2.54 bits per heavy atom. The molecule has 10 nitrogen and oxygen atoms in total. The van der Waals surface area contributed by atoms with Crippen LogP contribution < -0.4 is 5.32 Å². The number of amides is 2. The molecule has 182 valence electrons. The maximum Gasteiger partial charge on any atom is 0.410 e. The molecule has 1 N–H and O–H groups in total. The van der Waals surface area contributed by atoms with E-state index >= 15 is 0 Å². The summed E-state index contributed by atoms with van der Waals surface area (Å²) < 4.78 is 23.4. The van der Waals surface area contributed by atoms with Gasteiger partial charge in [-0.25, -0.2) is 23.7 Å². The van der Waals surface area contributed by atoms with Crippen LogP contribution in [0.4, 0.5) is 9.18 Å². The van der Waals surface area contributed by atoms with Crippen LogP contribution in [0.5, 0.6) is 0 Å². The summed E-state index contributed by atoms with van der Waals surface area (Å²) in [5.74, 6) is -1.00. The predicted octanol–water partition coefficient (Wildman–Crippen LogP) is 3.15. The monoisotopic (exact) mass is 479 g/mol. The minimum atomic E-state index is -0.581. The summed E-state index contributed by atoms with van der Waals surface area (Å²) >= 11 is 0. The van der Waals surface area contributed by atoms with E-state index in [0.29, 0.717) is 24.3 Å². The van der Waals surface area contributed by atoms with Crippen LogP contribution in [0.25, 0.3) is 22.6 Å². The number of rotatable bonds is 3. The maximum absolute atomic E-state index is 14.9. The molecule has 1 aliphatic rings. The summed E-state index contributed by atoms with van der Waals surface area (Å²) in [5, 5.41) is 7.38. The number of hydrogen-bond donors (Lipinski definition) is 1. The Balaban J connectivity index is 1.33. The lowest BCUT2D eigenvalue weighted by Crippen LogP contribution is -2.61. The van der Waals surface area contributed by atoms with Crippen LogP contribution in [0.3, 0.4) is 0 Å². The van der Waals surface area contributed by atoms with E-state index < -0.39 is 23.4 Å². The summed E-state index contributed by atoms with van der Waals surface area (Å²) in [6.07, 6.45) is 4.56. The number of fused-ring (bicyclic) bond motifs is 2. The summed E-state index contributed by atoms with van der Waals surface area (Å²) in [6.45, 7) is 9.88. The number of nitrogens with one attached hydrogen (secondary N) is 1. The molecule has 11 heteroatoms. The number of nitrogens with zero attached hydrogens (tertiary/aromatic N) is 6. The van der Waals surface area contributed by atoms with Gasteiger partial charge in [0.1, 0.15) is 11.3 Å². The van der Waals surface area contributed by atoms with Crippen LogP contribution in [-0.2, 0) is 4.74 Å². The van der Waals surface area contributed by atoms with Crippen molar-refractivity contribution in [1.82, 2.24) is 34.2 Å². The highest BCUT2D eigenvalue weighted by Gasteiger charge is 2.35. The molecule has 35 heavy (non-hydrogen) atoms. The van der Waals surface area contributed by atoms with E-state index in [4.69, 9.17) is 4.74 Å². The molecular weight excluding hydrogens is 453 g/mol. The lowest BCUT2D eigenvalue weighted by molar-refractivity contribution is 0.00531. The Morgan fingerprint density at radius 2 is 1.83 bits per heavy atom. The lowest BCUT2D eigenvalue weighted by atomic mass is 10.1. The maximum atomic E-state index is 14.9. The zero-order chi connectivity index (χ0) is 25.1. The molecule has 2 amide bonds. The van der Waals surface area contributed by atoms with Crippen molar-refractivity contribution >= 4 is 23.3 Å². The van der Waals surface area contributed by atoms with Gasteiger partial charge in [-0.3, -0.25) is 4.79 Å². The standard InChI is InChI=1S/C24H26FN7O3/c1-13-6-18(29-32-8-14(2)26-20(13)32)15-7-17(25)21-28-19(12-30(21)9-15)22(33)27-16-10-31(11-16)23(34)35-24(3,4)5/h6-9,12,16H,10-11H2,1-5H3,(H,27,33). The normalized spacial score (nSPS) is 14.4. The fourth-order valence-corrected chi connectivity index (χ4v) is 4.00. The number of carbonyl (C=O) groups excluding carboxylic acids is 2. The third-order valence-corrected chi connectivity index (χ3v) is 5.63. The third-order valence-electron chi connectivity index (χ3n) is 5.63. The first kappa shape index (κ1) is 22.8. The Hall–Kier alpha value is -4.02. The van der Waals surface area contributed by atoms with Crippen molar-refractivity contribution in [3.05, 3.63) is 53.5 Å². The molecule has 0 aromatic carbocycles. The molecule has 0 bridgehead atoms. The Bertz CT molecular complexity index is 1480. The van der Waals surface area contributed by atoms with Crippen molar-refractivity contribution in [3.63, 3.8) is 0 Å². The van der Waals surface area contributed by atoms with Gasteiger partial charge in [-0.2, -0.15) is 5.10 Å². The fraction of sp³-hybridized carbons (Fsp3) is 0.375. The first-order valence-electron chi connectivity index (χ1n) is 11.3. The molecule has 0 unspecified atom stereocenters. The van der Waals surface area contributed by atoms with Gasteiger partial charge in [0.25, 0.3) is 5.91 Å². The highest BCUT2D eigenvalue weighted by molar-refractivity contribution is 5.93. The Labute approximate surface area is 200 Å². The number of likely N-dealkylation sites (tertiary alicyclic amines) is 1. The van der Waals surface area contributed by atoms with Gasteiger partial charge >= 0.3 is 6.09 Å². The van der Waals surface area contributed by atoms with E-state index in [9.17, 15) is 14.0 Å². The molecule has 0 aliphatic carbocycles. The first-order valence-corrected chi connectivity index (χ1v) is 11.3. The van der Waals surface area contributed by atoms with Gasteiger partial charge in [0.05, 0.1) is 23.6 Å². The van der Waals surface area contributed by atoms with Crippen LogP contribution in [0.15, 0.2) is 30.7 Å². The van der Waals surface area contributed by atoms with Crippen molar-refractivity contribution in [3.8, 4) is 11.3 Å². The average Bonchev–Trinajstić information content (AvgIpc) is 3.32. The largest absolute Gasteiger partial charge is 0.444 e. The van der Waals surface area contributed by atoms with E-state index in [1.54, 1.807) is 31.5 Å². The van der Waals surface area contributed by atoms with Crippen molar-refractivity contribution < 1.29 is 18.7 Å². The second-order valence-corrected chi connectivity index (χ2v) is 9.85. The van der Waals surface area contributed by atoms with Crippen LogP contribution in [0, 0.1) is 19.7 Å². The van der Waals surface area contributed by atoms with Crippen molar-refractivity contribution in [2.45, 2.75) is 46.3 Å². The molecule has 4 aromatic rings. The SMILES string of the molecule is Cc1cn2nc(-c3cc(F)c4nc(C(=O)NC5CN(C(=O)OC(C)(C)C)C5)cn4c3)cc(C)c2n1. The molecule has 0 atom stereocenters. The van der Waals surface area contributed by atoms with E-state index in [1.165, 1.54) is 21.6 Å². The summed E-state index contributed by atoms with van der Waals surface area (Å²) in [5.41, 5.74) is 3.16. The van der Waals surface area contributed by atoms with Gasteiger partial charge in [-0.1, -0.05) is 0 Å². The minimum absolute atomic E-state index is 0.0409. The van der Waals surface area contributed by atoms with Gasteiger partial charge in [0.2, 0.25) is 0 Å². The van der Waals surface area contributed by atoms with Gasteiger partial charge in [-0.15, -0.1) is 0 Å². The molecule has 1 fully saturated rings. The smallest absolute Gasteiger partial charge is 0.410 e. The number of pyridine rings is 1. The highest BCUT2D eigenvalue weighted by Crippen LogP contribution is 2.23. The van der Waals surface area contributed by atoms with Crippen molar-refractivity contribution in [2.75, 3.05) is 13.1 Å². The predicted molar refractivity (Wildman–Crippen MR) is 126 cm³/mol. The second-order valence-electron chi connectivity index (χ2n) is 9.85. The summed E-state index contributed by atoms with van der Waals surface area (Å²) in [4.78, 5) is 34.9. The number of halogens is 1. The summed E-state index contributed by atoms with van der Waals surface area (Å²) in [6, 6.07) is 2.98. The zero-order valence-corrected chi connectivity index (χ0v) is 20.2. The first-order chi connectivity index (χ1) is 16.5. The Morgan fingerprint density at radius 1 is 1.09 bits per heavy atom. The Kier molecular flexibility index (Phi) is 5.22. The van der Waals surface area contributed by atoms with Crippen LogP contribution in [0.1, 0.15) is 42.5 Å². The quantitative estimate of drug-likeness (QED) is 0.484. The molecule has 5 rings (SSSR count). The molecular formula is C24H26FN7O3. The van der Waals surface area contributed by atoms with Crippen LogP contribution in [-0.4, -0.2) is 65.6 Å². The van der Waals surface area contributed by atoms with Gasteiger partial charge < -0.3 is 19.4 Å². The van der Waals surface area contributed by atoms with Crippen molar-refractivity contribution in [1.29, 1.82) is 0 Å². The van der Waals surface area contributed by atoms with E-state index in [1.807, 2.05) is 26.1 Å². The van der Waals surface area contributed by atoms with E-state index in [0.717, 1.165) is 16.9 Å². The molecule has 0 radical (unpaired) electrons. The van der Waals surface area contributed by atoms with Crippen LogP contribution >= 0.6 is 0 Å². The van der Waals surface area contributed by atoms with E-state index in [-0.39, 0.29) is 17.4 Å². The molecule has 1 saturated heterocycles. The summed E-state index contributed by atoms with van der Waals surface area (Å²) in [7, 11) is 0. The zero-order valence-electron chi connectivity index (χ0n) is 20.2. The number of imidazole rings is 2. The molecule has 4 aromatic heterocycles. The van der Waals surface area contributed by atoms with E-state index in [2.05, 4.69) is 20.4 Å². The minimum Gasteiger partial charge on any atom is -0.444 e. The number of hydrogen-bond acceptors (Lipinski definition) is 6. The third kappa shape index (κ3) is 4.41. The second kappa shape index (κ2) is 8.03. The number of aromatic nitrogens is 5. The molecule has 0 spiro atoms. The lowest BCUT2D eigenvalue weighted by Gasteiger charge is -2.39. The van der Waals surface area contributed by atoms with Crippen molar-refractivity contribution in [2.24, 2.45) is 0 Å². The average molecular weight is 480 g/mol.